The number of carbonyl (C=O) groups is 3. The number of fused-ring (bicyclic) bond motifs is 1. The molecule has 11 heteroatoms. The molecule has 0 saturated heterocycles. The molecule has 196 valence electrons. The summed E-state index contributed by atoms with van der Waals surface area (Å²) in [5, 5.41) is 0. The summed E-state index contributed by atoms with van der Waals surface area (Å²) in [4.78, 5) is 54.7. The van der Waals surface area contributed by atoms with Gasteiger partial charge in [0, 0.05) is 23.9 Å². The third-order valence-corrected chi connectivity index (χ3v) is 6.96. The molecule has 0 unspecified atom stereocenters. The van der Waals surface area contributed by atoms with E-state index in [2.05, 4.69) is 20.9 Å². The van der Waals surface area contributed by atoms with Gasteiger partial charge in [0.1, 0.15) is 11.5 Å². The van der Waals surface area contributed by atoms with E-state index in [0.29, 0.717) is 37.7 Å². The van der Waals surface area contributed by atoms with Crippen molar-refractivity contribution in [3.05, 3.63) is 89.0 Å². The van der Waals surface area contributed by atoms with Gasteiger partial charge in [0.25, 0.3) is 5.56 Å². The predicted molar refractivity (Wildman–Crippen MR) is 144 cm³/mol. The number of rotatable bonds is 6. The SMILES string of the molecule is CCOC(=O)C1=C(C)N=c2sc(=Cc3cc(Br)ccc3OC(C)=O)c(=O)n2[C@@H]1c1ccc(OC(C)=O)cc1. The van der Waals surface area contributed by atoms with Crippen LogP contribution in [0.1, 0.15) is 44.9 Å². The normalized spacial score (nSPS) is 15.0. The average molecular weight is 599 g/mol. The Morgan fingerprint density at radius 1 is 1.08 bits per heavy atom. The lowest BCUT2D eigenvalue weighted by Crippen LogP contribution is -2.39. The van der Waals surface area contributed by atoms with Crippen LogP contribution in [0.5, 0.6) is 11.5 Å². The number of ether oxygens (including phenoxy) is 3. The Morgan fingerprint density at radius 2 is 1.76 bits per heavy atom. The number of halogens is 1. The van der Waals surface area contributed by atoms with E-state index in [0.717, 1.165) is 15.8 Å². The topological polar surface area (TPSA) is 113 Å². The molecular formula is C27H23BrN2O7S. The van der Waals surface area contributed by atoms with Gasteiger partial charge >= 0.3 is 17.9 Å². The minimum atomic E-state index is -0.825. The van der Waals surface area contributed by atoms with E-state index in [4.69, 9.17) is 14.2 Å². The molecule has 0 bridgehead atoms. The summed E-state index contributed by atoms with van der Waals surface area (Å²) in [6.07, 6.45) is 1.62. The van der Waals surface area contributed by atoms with Crippen molar-refractivity contribution in [1.29, 1.82) is 0 Å². The lowest BCUT2D eigenvalue weighted by molar-refractivity contribution is -0.139. The molecule has 9 nitrogen and oxygen atoms in total. The fourth-order valence-corrected chi connectivity index (χ4v) is 5.43. The van der Waals surface area contributed by atoms with Crippen molar-refractivity contribution < 1.29 is 28.6 Å². The van der Waals surface area contributed by atoms with Crippen LogP contribution < -0.4 is 24.4 Å². The Bertz CT molecular complexity index is 1650. The maximum absolute atomic E-state index is 13.8. The summed E-state index contributed by atoms with van der Waals surface area (Å²) in [6, 6.07) is 10.8. The van der Waals surface area contributed by atoms with Gasteiger partial charge in [0.15, 0.2) is 4.80 Å². The zero-order chi connectivity index (χ0) is 27.6. The molecule has 38 heavy (non-hydrogen) atoms. The van der Waals surface area contributed by atoms with Crippen molar-refractivity contribution in [3.63, 3.8) is 0 Å². The third-order valence-electron chi connectivity index (χ3n) is 5.49. The van der Waals surface area contributed by atoms with E-state index < -0.39 is 23.9 Å². The monoisotopic (exact) mass is 598 g/mol. The fourth-order valence-electron chi connectivity index (χ4n) is 4.01. The van der Waals surface area contributed by atoms with Gasteiger partial charge in [-0.15, -0.1) is 0 Å². The second kappa shape index (κ2) is 11.3. The Kier molecular flexibility index (Phi) is 8.08. The second-order valence-electron chi connectivity index (χ2n) is 8.24. The first-order valence-electron chi connectivity index (χ1n) is 11.5. The number of benzene rings is 2. The Morgan fingerprint density at radius 3 is 2.39 bits per heavy atom. The number of allylic oxidation sites excluding steroid dienone is 1. The smallest absolute Gasteiger partial charge is 0.338 e. The van der Waals surface area contributed by atoms with Gasteiger partial charge in [-0.2, -0.15) is 0 Å². The maximum atomic E-state index is 13.8. The highest BCUT2D eigenvalue weighted by molar-refractivity contribution is 9.10. The molecular weight excluding hydrogens is 576 g/mol. The van der Waals surface area contributed by atoms with Crippen LogP contribution in [0.3, 0.4) is 0 Å². The van der Waals surface area contributed by atoms with Crippen LogP contribution in [0.2, 0.25) is 0 Å². The molecule has 2 aromatic carbocycles. The minimum absolute atomic E-state index is 0.153. The number of thiazole rings is 1. The van der Waals surface area contributed by atoms with Crippen molar-refractivity contribution in [2.75, 3.05) is 6.61 Å². The standard InChI is InChI=1S/C27H23BrN2O7S/c1-5-35-26(34)23-14(2)29-27-30(24(23)17-6-9-20(10-7-17)36-15(3)31)25(33)22(38-27)13-18-12-19(28)8-11-21(18)37-16(4)32/h6-13,24H,5H2,1-4H3/t24-/m1/s1. The van der Waals surface area contributed by atoms with Crippen molar-refractivity contribution >= 4 is 51.3 Å². The molecule has 0 amide bonds. The molecule has 0 radical (unpaired) electrons. The Hall–Kier alpha value is -3.83. The zero-order valence-electron chi connectivity index (χ0n) is 20.9. The lowest BCUT2D eigenvalue weighted by atomic mass is 9.96. The van der Waals surface area contributed by atoms with Crippen LogP contribution in [0.4, 0.5) is 0 Å². The van der Waals surface area contributed by atoms with Crippen molar-refractivity contribution in [3.8, 4) is 11.5 Å². The molecule has 0 aliphatic carbocycles. The van der Waals surface area contributed by atoms with Crippen LogP contribution >= 0.6 is 27.3 Å². The van der Waals surface area contributed by atoms with Gasteiger partial charge < -0.3 is 14.2 Å². The Labute approximate surface area is 229 Å². The lowest BCUT2D eigenvalue weighted by Gasteiger charge is -2.24. The van der Waals surface area contributed by atoms with Crippen LogP contribution in [-0.2, 0) is 19.1 Å². The van der Waals surface area contributed by atoms with E-state index >= 15 is 0 Å². The minimum Gasteiger partial charge on any atom is -0.463 e. The summed E-state index contributed by atoms with van der Waals surface area (Å²) in [7, 11) is 0. The molecule has 1 aliphatic heterocycles. The highest BCUT2D eigenvalue weighted by Crippen LogP contribution is 2.32. The van der Waals surface area contributed by atoms with E-state index in [1.807, 2.05) is 0 Å². The average Bonchev–Trinajstić information content (AvgIpc) is 3.14. The number of nitrogens with zero attached hydrogens (tertiary/aromatic N) is 2. The molecule has 3 aromatic rings. The predicted octanol–water partition coefficient (Wildman–Crippen LogP) is 3.41. The van der Waals surface area contributed by atoms with Gasteiger partial charge in [-0.05, 0) is 55.8 Å². The highest BCUT2D eigenvalue weighted by Gasteiger charge is 2.33. The van der Waals surface area contributed by atoms with Crippen molar-refractivity contribution in [2.24, 2.45) is 4.99 Å². The molecule has 4 rings (SSSR count). The largest absolute Gasteiger partial charge is 0.463 e. The quantitative estimate of drug-likeness (QED) is 0.315. The van der Waals surface area contributed by atoms with Gasteiger partial charge in [0.2, 0.25) is 0 Å². The van der Waals surface area contributed by atoms with Gasteiger partial charge in [-0.25, -0.2) is 9.79 Å². The summed E-state index contributed by atoms with van der Waals surface area (Å²) < 4.78 is 18.3. The first-order valence-corrected chi connectivity index (χ1v) is 13.2. The van der Waals surface area contributed by atoms with Crippen LogP contribution in [0.15, 0.2) is 68.0 Å². The van der Waals surface area contributed by atoms with E-state index in [1.54, 1.807) is 62.4 Å². The number of aromatic nitrogens is 1. The summed E-state index contributed by atoms with van der Waals surface area (Å²) in [5.41, 5.74) is 1.39. The number of hydrogen-bond acceptors (Lipinski definition) is 9. The maximum Gasteiger partial charge on any atom is 0.338 e. The number of hydrogen-bond donors (Lipinski definition) is 0. The molecule has 2 heterocycles. The molecule has 0 saturated carbocycles. The second-order valence-corrected chi connectivity index (χ2v) is 10.2. The van der Waals surface area contributed by atoms with Crippen LogP contribution in [0.25, 0.3) is 6.08 Å². The van der Waals surface area contributed by atoms with Crippen LogP contribution in [0, 0.1) is 0 Å². The zero-order valence-corrected chi connectivity index (χ0v) is 23.3. The van der Waals surface area contributed by atoms with E-state index in [9.17, 15) is 19.2 Å². The molecule has 0 spiro atoms. The van der Waals surface area contributed by atoms with Gasteiger partial charge in [0.05, 0.1) is 28.5 Å². The molecule has 1 aromatic heterocycles. The molecule has 0 N–H and O–H groups in total. The van der Waals surface area contributed by atoms with E-state index in [1.165, 1.54) is 18.4 Å². The Balaban J connectivity index is 1.92. The van der Waals surface area contributed by atoms with E-state index in [-0.39, 0.29) is 17.7 Å². The van der Waals surface area contributed by atoms with Gasteiger partial charge in [-0.3, -0.25) is 19.0 Å². The van der Waals surface area contributed by atoms with Crippen LogP contribution in [-0.4, -0.2) is 29.1 Å². The van der Waals surface area contributed by atoms with Crippen molar-refractivity contribution in [2.45, 2.75) is 33.7 Å². The molecule has 1 atom stereocenters. The molecule has 1 aliphatic rings. The fraction of sp³-hybridized carbons (Fsp3) is 0.222. The first-order chi connectivity index (χ1) is 18.1. The summed E-state index contributed by atoms with van der Waals surface area (Å²) >= 11 is 4.56. The van der Waals surface area contributed by atoms with Crippen molar-refractivity contribution in [1.82, 2.24) is 4.57 Å². The molecule has 0 fully saturated rings. The first kappa shape index (κ1) is 27.2. The summed E-state index contributed by atoms with van der Waals surface area (Å²) in [5.74, 6) is -0.904. The number of esters is 3. The third kappa shape index (κ3) is 5.68. The highest BCUT2D eigenvalue weighted by atomic mass is 79.9. The number of carbonyl (C=O) groups excluding carboxylic acids is 3. The van der Waals surface area contributed by atoms with Gasteiger partial charge in [-0.1, -0.05) is 39.4 Å². The summed E-state index contributed by atoms with van der Waals surface area (Å²) in [6.45, 7) is 6.14.